The molecule has 1 amide bonds. The number of carbonyl (C=O) groups is 1. The molecule has 0 bridgehead atoms. The van der Waals surface area contributed by atoms with Crippen molar-refractivity contribution in [2.24, 2.45) is 0 Å². The van der Waals surface area contributed by atoms with Crippen LogP contribution in [0.25, 0.3) is 10.2 Å². The summed E-state index contributed by atoms with van der Waals surface area (Å²) in [6.07, 6.45) is 1.52. The summed E-state index contributed by atoms with van der Waals surface area (Å²) in [4.78, 5) is 15.2. The van der Waals surface area contributed by atoms with Gasteiger partial charge in [0, 0.05) is 18.0 Å². The summed E-state index contributed by atoms with van der Waals surface area (Å²) in [5, 5.41) is 8.43. The number of aromatic nitrogens is 2. The molecule has 3 heterocycles. The Kier molecular flexibility index (Phi) is 3.33. The fourth-order valence-electron chi connectivity index (χ4n) is 2.46. The molecule has 2 aromatic heterocycles. The number of nitrogen functional groups attached to an aromatic ring is 1. The van der Waals surface area contributed by atoms with E-state index in [-0.39, 0.29) is 30.0 Å². The van der Waals surface area contributed by atoms with Gasteiger partial charge in [-0.15, -0.1) is 16.4 Å². The number of amides is 1. The molecule has 0 spiro atoms. The van der Waals surface area contributed by atoms with Crippen molar-refractivity contribution in [2.45, 2.75) is 13.0 Å². The Balaban J connectivity index is 1.96. The Labute approximate surface area is 125 Å². The predicted octanol–water partition coefficient (Wildman–Crippen LogP) is 0.533. The number of rotatable bonds is 1. The zero-order valence-corrected chi connectivity index (χ0v) is 12.9. The van der Waals surface area contributed by atoms with Crippen LogP contribution in [0.1, 0.15) is 16.6 Å². The van der Waals surface area contributed by atoms with Crippen molar-refractivity contribution in [3.8, 4) is 0 Å². The second-order valence-corrected chi connectivity index (χ2v) is 8.28. The van der Waals surface area contributed by atoms with Gasteiger partial charge in [-0.05, 0) is 13.0 Å². The first-order valence-electron chi connectivity index (χ1n) is 6.40. The van der Waals surface area contributed by atoms with Crippen molar-refractivity contribution in [2.75, 3.05) is 23.8 Å². The molecule has 21 heavy (non-hydrogen) atoms. The molecular weight excluding hydrogens is 312 g/mol. The summed E-state index contributed by atoms with van der Waals surface area (Å²) in [7, 11) is -3.06. The fourth-order valence-corrected chi connectivity index (χ4v) is 5.01. The van der Waals surface area contributed by atoms with E-state index in [1.54, 1.807) is 17.9 Å². The van der Waals surface area contributed by atoms with E-state index in [9.17, 15) is 13.2 Å². The smallest absolute Gasteiger partial charge is 0.266 e. The molecule has 1 saturated heterocycles. The van der Waals surface area contributed by atoms with Gasteiger partial charge in [0.15, 0.2) is 9.84 Å². The fraction of sp³-hybridized carbons (Fsp3) is 0.417. The Hall–Kier alpha value is -1.74. The first kappa shape index (κ1) is 14.2. The molecule has 2 N–H and O–H groups in total. The molecular formula is C12H14N4O3S2. The van der Waals surface area contributed by atoms with E-state index in [1.165, 1.54) is 17.5 Å². The van der Waals surface area contributed by atoms with Crippen LogP contribution in [0.15, 0.2) is 12.3 Å². The number of nitrogens with two attached hydrogens (primary N) is 1. The van der Waals surface area contributed by atoms with E-state index in [0.717, 1.165) is 0 Å². The summed E-state index contributed by atoms with van der Waals surface area (Å²) in [5.74, 6) is -0.255. The molecule has 1 atom stereocenters. The zero-order valence-electron chi connectivity index (χ0n) is 11.3. The van der Waals surface area contributed by atoms with Gasteiger partial charge in [0.1, 0.15) is 9.71 Å². The lowest BCUT2D eigenvalue weighted by molar-refractivity contribution is 0.0718. The van der Waals surface area contributed by atoms with Crippen LogP contribution in [-0.4, -0.2) is 53.5 Å². The number of sulfone groups is 1. The zero-order chi connectivity index (χ0) is 15.2. The van der Waals surface area contributed by atoms with Crippen LogP contribution in [0.3, 0.4) is 0 Å². The molecule has 9 heteroatoms. The van der Waals surface area contributed by atoms with Gasteiger partial charge < -0.3 is 10.6 Å². The first-order valence-corrected chi connectivity index (χ1v) is 9.04. The first-order chi connectivity index (χ1) is 9.89. The van der Waals surface area contributed by atoms with Crippen LogP contribution in [0.5, 0.6) is 0 Å². The highest BCUT2D eigenvalue weighted by Gasteiger charge is 2.33. The van der Waals surface area contributed by atoms with Crippen LogP contribution in [0.2, 0.25) is 0 Å². The van der Waals surface area contributed by atoms with Crippen molar-refractivity contribution in [1.82, 2.24) is 15.1 Å². The molecule has 7 nitrogen and oxygen atoms in total. The van der Waals surface area contributed by atoms with E-state index in [0.29, 0.717) is 20.8 Å². The number of carbonyl (C=O) groups excluding carboxylic acids is 1. The van der Waals surface area contributed by atoms with E-state index in [1.807, 2.05) is 0 Å². The average molecular weight is 326 g/mol. The molecule has 1 aliphatic heterocycles. The number of thiophene rings is 1. The average Bonchev–Trinajstić information content (AvgIpc) is 2.75. The lowest BCUT2D eigenvalue weighted by Gasteiger charge is -2.32. The molecule has 0 saturated carbocycles. The maximum Gasteiger partial charge on any atom is 0.266 e. The molecule has 1 fully saturated rings. The predicted molar refractivity (Wildman–Crippen MR) is 81.0 cm³/mol. The molecule has 1 aliphatic rings. The van der Waals surface area contributed by atoms with Crippen molar-refractivity contribution in [1.29, 1.82) is 0 Å². The third kappa shape index (κ3) is 2.46. The number of fused-ring (bicyclic) bond motifs is 1. The summed E-state index contributed by atoms with van der Waals surface area (Å²) in [5.41, 5.74) is 6.41. The van der Waals surface area contributed by atoms with E-state index in [2.05, 4.69) is 10.2 Å². The molecule has 0 radical (unpaired) electrons. The monoisotopic (exact) mass is 326 g/mol. The minimum absolute atomic E-state index is 0.00626. The van der Waals surface area contributed by atoms with Crippen LogP contribution >= 0.6 is 11.3 Å². The van der Waals surface area contributed by atoms with Gasteiger partial charge in [0.2, 0.25) is 0 Å². The third-order valence-electron chi connectivity index (χ3n) is 3.55. The maximum atomic E-state index is 12.6. The van der Waals surface area contributed by atoms with Crippen molar-refractivity contribution < 1.29 is 13.2 Å². The van der Waals surface area contributed by atoms with Crippen LogP contribution in [-0.2, 0) is 9.84 Å². The molecule has 1 unspecified atom stereocenters. The maximum absolute atomic E-state index is 12.6. The SMILES string of the molecule is CC1CS(=O)(=O)CCN1C(=O)c1sc2nnccc2c1N. The second kappa shape index (κ2) is 4.92. The van der Waals surface area contributed by atoms with E-state index in [4.69, 9.17) is 5.73 Å². The van der Waals surface area contributed by atoms with Crippen molar-refractivity contribution in [3.63, 3.8) is 0 Å². The highest BCUT2D eigenvalue weighted by Crippen LogP contribution is 2.33. The normalized spacial score (nSPS) is 21.6. The van der Waals surface area contributed by atoms with Gasteiger partial charge in [-0.2, -0.15) is 5.10 Å². The third-order valence-corrected chi connectivity index (χ3v) is 6.43. The van der Waals surface area contributed by atoms with Crippen LogP contribution in [0.4, 0.5) is 5.69 Å². The molecule has 112 valence electrons. The Morgan fingerprint density at radius 1 is 1.52 bits per heavy atom. The van der Waals surface area contributed by atoms with Gasteiger partial charge in [0.25, 0.3) is 5.91 Å². The number of nitrogens with zero attached hydrogens (tertiary/aromatic N) is 3. The van der Waals surface area contributed by atoms with Gasteiger partial charge >= 0.3 is 0 Å². The summed E-state index contributed by atoms with van der Waals surface area (Å²) in [6, 6.07) is 1.36. The molecule has 0 aromatic carbocycles. The lowest BCUT2D eigenvalue weighted by atomic mass is 10.2. The Morgan fingerprint density at radius 2 is 2.29 bits per heavy atom. The minimum atomic E-state index is -3.06. The van der Waals surface area contributed by atoms with Crippen LogP contribution < -0.4 is 5.73 Å². The summed E-state index contributed by atoms with van der Waals surface area (Å²) < 4.78 is 23.2. The van der Waals surface area contributed by atoms with Gasteiger partial charge in [0.05, 0.1) is 23.4 Å². The van der Waals surface area contributed by atoms with Gasteiger partial charge in [-0.3, -0.25) is 4.79 Å². The quantitative estimate of drug-likeness (QED) is 0.819. The lowest BCUT2D eigenvalue weighted by Crippen LogP contribution is -2.49. The molecule has 0 aliphatic carbocycles. The van der Waals surface area contributed by atoms with Crippen molar-refractivity contribution in [3.05, 3.63) is 17.1 Å². The largest absolute Gasteiger partial charge is 0.397 e. The van der Waals surface area contributed by atoms with Gasteiger partial charge in [-0.1, -0.05) is 0 Å². The van der Waals surface area contributed by atoms with Gasteiger partial charge in [-0.25, -0.2) is 8.42 Å². The Bertz CT molecular complexity index is 815. The number of hydrogen-bond donors (Lipinski definition) is 1. The highest BCUT2D eigenvalue weighted by molar-refractivity contribution is 7.91. The second-order valence-electron chi connectivity index (χ2n) is 5.06. The summed E-state index contributed by atoms with van der Waals surface area (Å²) in [6.45, 7) is 1.93. The summed E-state index contributed by atoms with van der Waals surface area (Å²) >= 11 is 1.19. The topological polar surface area (TPSA) is 106 Å². The highest BCUT2D eigenvalue weighted by atomic mass is 32.2. The number of anilines is 1. The standard InChI is InChI=1S/C12H14N4O3S2/c1-7-6-21(18,19)5-4-16(7)12(17)10-9(13)8-2-3-14-15-11(8)20-10/h2-3,7H,4-6,13H2,1H3. The van der Waals surface area contributed by atoms with E-state index < -0.39 is 9.84 Å². The number of hydrogen-bond acceptors (Lipinski definition) is 7. The van der Waals surface area contributed by atoms with E-state index >= 15 is 0 Å². The minimum Gasteiger partial charge on any atom is -0.397 e. The molecule has 3 rings (SSSR count). The van der Waals surface area contributed by atoms with Crippen LogP contribution in [0, 0.1) is 0 Å². The van der Waals surface area contributed by atoms with Crippen molar-refractivity contribution >= 4 is 43.0 Å². The molecule has 2 aromatic rings. The Morgan fingerprint density at radius 3 is 2.95 bits per heavy atom.